The number of rotatable bonds is 6. The van der Waals surface area contributed by atoms with Crippen molar-refractivity contribution in [1.82, 2.24) is 10.3 Å². The highest BCUT2D eigenvalue weighted by molar-refractivity contribution is 5.07. The summed E-state index contributed by atoms with van der Waals surface area (Å²) in [5.41, 5.74) is 1.09. The van der Waals surface area contributed by atoms with Crippen LogP contribution in [0, 0.1) is 5.92 Å². The normalized spacial score (nSPS) is 14.9. The summed E-state index contributed by atoms with van der Waals surface area (Å²) in [6.07, 6.45) is 1.83. The third-order valence-corrected chi connectivity index (χ3v) is 2.36. The lowest BCUT2D eigenvalue weighted by atomic mass is 10.1. The lowest BCUT2D eigenvalue weighted by Gasteiger charge is -2.16. The predicted molar refractivity (Wildman–Crippen MR) is 61.7 cm³/mol. The lowest BCUT2D eigenvalue weighted by molar-refractivity contribution is 0.157. The first-order valence-corrected chi connectivity index (χ1v) is 5.37. The monoisotopic (exact) mass is 208 g/mol. The predicted octanol–water partition coefficient (Wildman–Crippen LogP) is 2.01. The molecule has 1 heterocycles. The smallest absolute Gasteiger partial charge is 0.0570 e. The Bertz CT molecular complexity index is 264. The maximum atomic E-state index is 5.09. The van der Waals surface area contributed by atoms with Gasteiger partial charge in [0.15, 0.2) is 0 Å². The van der Waals surface area contributed by atoms with Gasteiger partial charge in [-0.05, 0) is 25.0 Å². The van der Waals surface area contributed by atoms with E-state index < -0.39 is 0 Å². The van der Waals surface area contributed by atoms with Crippen molar-refractivity contribution in [3.05, 3.63) is 30.1 Å². The van der Waals surface area contributed by atoms with E-state index in [4.69, 9.17) is 4.74 Å². The molecule has 1 N–H and O–H groups in total. The van der Waals surface area contributed by atoms with Gasteiger partial charge in [0, 0.05) is 32.5 Å². The fourth-order valence-electron chi connectivity index (χ4n) is 1.46. The summed E-state index contributed by atoms with van der Waals surface area (Å²) in [6, 6.07) is 6.28. The maximum absolute atomic E-state index is 5.09. The number of aromatic nitrogens is 1. The molecule has 0 saturated carbocycles. The molecular weight excluding hydrogens is 188 g/mol. The van der Waals surface area contributed by atoms with E-state index in [9.17, 15) is 0 Å². The first-order valence-electron chi connectivity index (χ1n) is 5.37. The van der Waals surface area contributed by atoms with Crippen LogP contribution in [0.1, 0.15) is 25.6 Å². The summed E-state index contributed by atoms with van der Waals surface area (Å²) in [5, 5.41) is 3.44. The number of nitrogens with one attached hydrogen (secondary N) is 1. The summed E-state index contributed by atoms with van der Waals surface area (Å²) in [7, 11) is 1.73. The van der Waals surface area contributed by atoms with Gasteiger partial charge in [-0.15, -0.1) is 0 Å². The first kappa shape index (κ1) is 12.1. The molecule has 15 heavy (non-hydrogen) atoms. The molecule has 0 radical (unpaired) electrons. The van der Waals surface area contributed by atoms with Crippen LogP contribution >= 0.6 is 0 Å². The Morgan fingerprint density at radius 1 is 1.40 bits per heavy atom. The molecule has 0 spiro atoms. The van der Waals surface area contributed by atoms with Crippen LogP contribution in [0.15, 0.2) is 24.4 Å². The van der Waals surface area contributed by atoms with E-state index in [0.29, 0.717) is 12.0 Å². The number of hydrogen-bond acceptors (Lipinski definition) is 3. The van der Waals surface area contributed by atoms with E-state index in [0.717, 1.165) is 18.8 Å². The summed E-state index contributed by atoms with van der Waals surface area (Å²) in [6.45, 7) is 6.04. The van der Waals surface area contributed by atoms with Gasteiger partial charge < -0.3 is 10.1 Å². The van der Waals surface area contributed by atoms with Crippen LogP contribution < -0.4 is 5.32 Å². The van der Waals surface area contributed by atoms with E-state index in [2.05, 4.69) is 24.1 Å². The molecule has 1 aromatic heterocycles. The molecule has 0 amide bonds. The van der Waals surface area contributed by atoms with Crippen LogP contribution in [0.25, 0.3) is 0 Å². The molecule has 1 aromatic rings. The Labute approximate surface area is 91.9 Å². The van der Waals surface area contributed by atoms with Crippen LogP contribution in [0.2, 0.25) is 0 Å². The van der Waals surface area contributed by atoms with E-state index in [-0.39, 0.29) is 0 Å². The third kappa shape index (κ3) is 4.40. The minimum atomic E-state index is 0.297. The molecule has 84 valence electrons. The molecule has 0 aromatic carbocycles. The number of nitrogens with zero attached hydrogens (tertiary/aromatic N) is 1. The van der Waals surface area contributed by atoms with Crippen molar-refractivity contribution in [3.8, 4) is 0 Å². The van der Waals surface area contributed by atoms with Gasteiger partial charge in [0.25, 0.3) is 0 Å². The second-order valence-electron chi connectivity index (χ2n) is 3.95. The molecule has 3 heteroatoms. The molecule has 0 saturated heterocycles. The average Bonchev–Trinajstić information content (AvgIpc) is 2.27. The largest absolute Gasteiger partial charge is 0.384 e. The molecular formula is C12H20N2O. The summed E-state index contributed by atoms with van der Waals surface area (Å²) in [4.78, 5) is 4.31. The van der Waals surface area contributed by atoms with Gasteiger partial charge >= 0.3 is 0 Å². The van der Waals surface area contributed by atoms with E-state index >= 15 is 0 Å². The zero-order valence-corrected chi connectivity index (χ0v) is 9.73. The highest BCUT2D eigenvalue weighted by Gasteiger charge is 2.07. The van der Waals surface area contributed by atoms with Gasteiger partial charge in [-0.25, -0.2) is 0 Å². The molecule has 3 nitrogen and oxygen atoms in total. The van der Waals surface area contributed by atoms with Crippen molar-refractivity contribution in [2.75, 3.05) is 20.3 Å². The van der Waals surface area contributed by atoms with Gasteiger partial charge in [-0.2, -0.15) is 0 Å². The SMILES string of the molecule is COCC(C)CNC(C)c1ccccn1. The summed E-state index contributed by atoms with van der Waals surface area (Å²) >= 11 is 0. The van der Waals surface area contributed by atoms with Gasteiger partial charge in [-0.1, -0.05) is 13.0 Å². The number of ether oxygens (including phenoxy) is 1. The fourth-order valence-corrected chi connectivity index (χ4v) is 1.46. The van der Waals surface area contributed by atoms with E-state index in [1.807, 2.05) is 24.4 Å². The zero-order chi connectivity index (χ0) is 11.1. The second kappa shape index (κ2) is 6.53. The fraction of sp³-hybridized carbons (Fsp3) is 0.583. The molecule has 2 unspecified atom stereocenters. The Balaban J connectivity index is 2.33. The Kier molecular flexibility index (Phi) is 5.29. The minimum absolute atomic E-state index is 0.297. The van der Waals surface area contributed by atoms with Crippen molar-refractivity contribution in [2.24, 2.45) is 5.92 Å². The minimum Gasteiger partial charge on any atom is -0.384 e. The van der Waals surface area contributed by atoms with Crippen LogP contribution in [0.5, 0.6) is 0 Å². The maximum Gasteiger partial charge on any atom is 0.0570 e. The first-order chi connectivity index (χ1) is 7.24. The number of pyridine rings is 1. The molecule has 2 atom stereocenters. The standard InChI is InChI=1S/C12H20N2O/c1-10(9-15-3)8-14-11(2)12-6-4-5-7-13-12/h4-7,10-11,14H,8-9H2,1-3H3. The van der Waals surface area contributed by atoms with E-state index in [1.54, 1.807) is 7.11 Å². The van der Waals surface area contributed by atoms with Crippen molar-refractivity contribution < 1.29 is 4.74 Å². The number of methoxy groups -OCH3 is 1. The van der Waals surface area contributed by atoms with E-state index in [1.165, 1.54) is 0 Å². The number of hydrogen-bond donors (Lipinski definition) is 1. The van der Waals surface area contributed by atoms with Crippen molar-refractivity contribution in [2.45, 2.75) is 19.9 Å². The second-order valence-corrected chi connectivity index (χ2v) is 3.95. The van der Waals surface area contributed by atoms with Crippen LogP contribution in [-0.4, -0.2) is 25.2 Å². The highest BCUT2D eigenvalue weighted by atomic mass is 16.5. The molecule has 1 rings (SSSR count). The molecule has 0 aliphatic rings. The van der Waals surface area contributed by atoms with Gasteiger partial charge in [0.1, 0.15) is 0 Å². The average molecular weight is 208 g/mol. The van der Waals surface area contributed by atoms with Gasteiger partial charge in [0.2, 0.25) is 0 Å². The van der Waals surface area contributed by atoms with Crippen molar-refractivity contribution >= 4 is 0 Å². The topological polar surface area (TPSA) is 34.1 Å². The Morgan fingerprint density at radius 3 is 2.80 bits per heavy atom. The lowest BCUT2D eigenvalue weighted by Crippen LogP contribution is -2.26. The molecule has 0 bridgehead atoms. The Hall–Kier alpha value is -0.930. The zero-order valence-electron chi connectivity index (χ0n) is 9.73. The van der Waals surface area contributed by atoms with Gasteiger partial charge in [-0.3, -0.25) is 4.98 Å². The molecule has 0 aliphatic carbocycles. The van der Waals surface area contributed by atoms with Crippen molar-refractivity contribution in [1.29, 1.82) is 0 Å². The Morgan fingerprint density at radius 2 is 2.20 bits per heavy atom. The molecule has 0 fully saturated rings. The van der Waals surface area contributed by atoms with Crippen molar-refractivity contribution in [3.63, 3.8) is 0 Å². The summed E-state index contributed by atoms with van der Waals surface area (Å²) < 4.78 is 5.09. The summed E-state index contributed by atoms with van der Waals surface area (Å²) in [5.74, 6) is 0.529. The van der Waals surface area contributed by atoms with Gasteiger partial charge in [0.05, 0.1) is 5.69 Å². The molecule has 0 aliphatic heterocycles. The third-order valence-electron chi connectivity index (χ3n) is 2.36. The van der Waals surface area contributed by atoms with Crippen LogP contribution in [0.4, 0.5) is 0 Å². The van der Waals surface area contributed by atoms with Crippen LogP contribution in [-0.2, 0) is 4.74 Å². The van der Waals surface area contributed by atoms with Crippen LogP contribution in [0.3, 0.4) is 0 Å². The quantitative estimate of drug-likeness (QED) is 0.776. The highest BCUT2D eigenvalue weighted by Crippen LogP contribution is 2.08.